The predicted octanol–water partition coefficient (Wildman–Crippen LogP) is 2.49. The number of hydrogen-bond donors (Lipinski definition) is 1. The molecule has 0 bridgehead atoms. The van der Waals surface area contributed by atoms with Crippen LogP contribution in [0.2, 0.25) is 5.02 Å². The van der Waals surface area contributed by atoms with Gasteiger partial charge in [0.05, 0.1) is 0 Å². The lowest BCUT2D eigenvalue weighted by Crippen LogP contribution is -2.42. The zero-order valence-electron chi connectivity index (χ0n) is 16.4. The monoisotopic (exact) mass is 435 g/mol. The zero-order chi connectivity index (χ0) is 21.8. The minimum absolute atomic E-state index is 0.0331. The van der Waals surface area contributed by atoms with Crippen molar-refractivity contribution in [3.8, 4) is 0 Å². The normalized spacial score (nSPS) is 10.9. The van der Waals surface area contributed by atoms with E-state index in [0.717, 1.165) is 14.7 Å². The Balaban J connectivity index is 1.69. The average Bonchev–Trinajstić information content (AvgIpc) is 2.77. The van der Waals surface area contributed by atoms with Gasteiger partial charge in [0.25, 0.3) is 5.56 Å². The molecule has 0 aliphatic rings. The van der Waals surface area contributed by atoms with Crippen molar-refractivity contribution in [3.63, 3.8) is 0 Å². The van der Waals surface area contributed by atoms with Crippen molar-refractivity contribution in [1.29, 1.82) is 0 Å². The molecule has 0 radical (unpaired) electrons. The van der Waals surface area contributed by atoms with E-state index in [1.165, 1.54) is 12.4 Å². The number of aromatic nitrogens is 4. The number of amides is 1. The number of benzene rings is 2. The third-order valence-corrected chi connectivity index (χ3v) is 4.96. The van der Waals surface area contributed by atoms with E-state index in [1.54, 1.807) is 24.3 Å². The predicted molar refractivity (Wildman–Crippen MR) is 118 cm³/mol. The molecule has 156 valence electrons. The third-order valence-electron chi connectivity index (χ3n) is 4.72. The number of rotatable bonds is 6. The Morgan fingerprint density at radius 3 is 2.52 bits per heavy atom. The largest absolute Gasteiger partial charge is 0.333 e. The Hall–Kier alpha value is -3.78. The summed E-state index contributed by atoms with van der Waals surface area (Å²) in [4.78, 5) is 46.8. The third kappa shape index (κ3) is 4.54. The topological polar surface area (TPSA) is 98.9 Å². The number of nitrogens with one attached hydrogen (secondary N) is 1. The molecular formula is C22H18ClN5O3. The number of nitrogens with zero attached hydrogens (tertiary/aromatic N) is 4. The van der Waals surface area contributed by atoms with E-state index in [0.29, 0.717) is 17.1 Å². The van der Waals surface area contributed by atoms with E-state index in [2.05, 4.69) is 15.3 Å². The first kappa shape index (κ1) is 20.5. The van der Waals surface area contributed by atoms with Crippen LogP contribution >= 0.6 is 11.6 Å². The summed E-state index contributed by atoms with van der Waals surface area (Å²) in [6, 6.07) is 16.2. The standard InChI is InChI=1S/C22H18ClN5O3/c23-16-7-4-8-17(13-16)26-18(29)14-28-20-19(24-10-11-25-20)21(30)27(22(28)31)12-9-15-5-2-1-3-6-15/h1-8,10-11,13H,9,12,14H2,(H,26,29). The molecule has 2 aromatic heterocycles. The van der Waals surface area contributed by atoms with Crippen LogP contribution < -0.4 is 16.6 Å². The number of halogens is 1. The lowest BCUT2D eigenvalue weighted by Gasteiger charge is -2.13. The van der Waals surface area contributed by atoms with Gasteiger partial charge in [-0.05, 0) is 30.2 Å². The highest BCUT2D eigenvalue weighted by atomic mass is 35.5. The second kappa shape index (κ2) is 8.93. The zero-order valence-corrected chi connectivity index (χ0v) is 17.1. The lowest BCUT2D eigenvalue weighted by atomic mass is 10.1. The van der Waals surface area contributed by atoms with E-state index in [1.807, 2.05) is 30.3 Å². The van der Waals surface area contributed by atoms with Crippen LogP contribution in [-0.2, 0) is 24.3 Å². The summed E-state index contributed by atoms with van der Waals surface area (Å²) >= 11 is 5.95. The molecule has 0 aliphatic carbocycles. The van der Waals surface area contributed by atoms with Crippen LogP contribution in [0.5, 0.6) is 0 Å². The molecule has 0 saturated carbocycles. The molecule has 4 rings (SSSR count). The van der Waals surface area contributed by atoms with Crippen LogP contribution in [0.1, 0.15) is 5.56 Å². The lowest BCUT2D eigenvalue weighted by molar-refractivity contribution is -0.116. The summed E-state index contributed by atoms with van der Waals surface area (Å²) in [7, 11) is 0. The van der Waals surface area contributed by atoms with Gasteiger partial charge in [0.15, 0.2) is 11.2 Å². The summed E-state index contributed by atoms with van der Waals surface area (Å²) in [6.45, 7) is -0.170. The first-order chi connectivity index (χ1) is 15.0. The van der Waals surface area contributed by atoms with Gasteiger partial charge in [-0.25, -0.2) is 14.8 Å². The molecule has 1 amide bonds. The van der Waals surface area contributed by atoms with Crippen molar-refractivity contribution < 1.29 is 4.79 Å². The maximum Gasteiger partial charge on any atom is 0.333 e. The molecule has 2 heterocycles. The van der Waals surface area contributed by atoms with E-state index in [9.17, 15) is 14.4 Å². The number of carbonyl (C=O) groups excluding carboxylic acids is 1. The molecule has 0 saturated heterocycles. The SMILES string of the molecule is O=C(Cn1c(=O)n(CCc2ccccc2)c(=O)c2nccnc21)Nc1cccc(Cl)c1. The molecule has 0 unspecified atom stereocenters. The molecule has 0 atom stereocenters. The van der Waals surface area contributed by atoms with Gasteiger partial charge in [-0.3, -0.25) is 18.7 Å². The second-order valence-electron chi connectivity index (χ2n) is 6.85. The van der Waals surface area contributed by atoms with Gasteiger partial charge < -0.3 is 5.32 Å². The molecular weight excluding hydrogens is 418 g/mol. The van der Waals surface area contributed by atoms with Gasteiger partial charge in [-0.15, -0.1) is 0 Å². The van der Waals surface area contributed by atoms with E-state index < -0.39 is 17.2 Å². The Morgan fingerprint density at radius 2 is 1.74 bits per heavy atom. The van der Waals surface area contributed by atoms with Gasteiger partial charge in [0.2, 0.25) is 5.91 Å². The number of carbonyl (C=O) groups is 1. The molecule has 31 heavy (non-hydrogen) atoms. The molecule has 0 aliphatic heterocycles. The van der Waals surface area contributed by atoms with Crippen molar-refractivity contribution in [2.75, 3.05) is 5.32 Å². The second-order valence-corrected chi connectivity index (χ2v) is 7.28. The maximum atomic E-state index is 13.1. The van der Waals surface area contributed by atoms with E-state index >= 15 is 0 Å². The number of hydrogen-bond acceptors (Lipinski definition) is 5. The highest BCUT2D eigenvalue weighted by molar-refractivity contribution is 6.30. The first-order valence-electron chi connectivity index (χ1n) is 9.56. The Morgan fingerprint density at radius 1 is 0.968 bits per heavy atom. The fraction of sp³-hybridized carbons (Fsp3) is 0.136. The maximum absolute atomic E-state index is 13.1. The van der Waals surface area contributed by atoms with Crippen LogP contribution in [0.4, 0.5) is 5.69 Å². The fourth-order valence-electron chi connectivity index (χ4n) is 3.27. The van der Waals surface area contributed by atoms with Gasteiger partial charge in [0, 0.05) is 29.6 Å². The molecule has 8 nitrogen and oxygen atoms in total. The van der Waals surface area contributed by atoms with Gasteiger partial charge >= 0.3 is 5.69 Å². The van der Waals surface area contributed by atoms with Crippen LogP contribution in [0.25, 0.3) is 11.2 Å². The highest BCUT2D eigenvalue weighted by Gasteiger charge is 2.17. The fourth-order valence-corrected chi connectivity index (χ4v) is 3.46. The minimum Gasteiger partial charge on any atom is -0.324 e. The average molecular weight is 436 g/mol. The molecule has 9 heteroatoms. The van der Waals surface area contributed by atoms with Crippen LogP contribution in [0.3, 0.4) is 0 Å². The summed E-state index contributed by atoms with van der Waals surface area (Å²) in [5.74, 6) is -0.454. The molecule has 0 fully saturated rings. The molecule has 4 aromatic rings. The summed E-state index contributed by atoms with van der Waals surface area (Å²) in [5.41, 5.74) is 0.433. The van der Waals surface area contributed by atoms with E-state index in [-0.39, 0.29) is 24.3 Å². The molecule has 2 aromatic carbocycles. The van der Waals surface area contributed by atoms with Crippen molar-refractivity contribution in [2.24, 2.45) is 0 Å². The Labute approximate surface area is 181 Å². The summed E-state index contributed by atoms with van der Waals surface area (Å²) in [6.07, 6.45) is 3.24. The van der Waals surface area contributed by atoms with Gasteiger partial charge in [-0.1, -0.05) is 48.0 Å². The Kier molecular flexibility index (Phi) is 5.90. The summed E-state index contributed by atoms with van der Waals surface area (Å²) < 4.78 is 2.26. The number of fused-ring (bicyclic) bond motifs is 1. The van der Waals surface area contributed by atoms with Crippen molar-refractivity contribution in [3.05, 3.63) is 98.4 Å². The van der Waals surface area contributed by atoms with Gasteiger partial charge in [0.1, 0.15) is 6.54 Å². The highest BCUT2D eigenvalue weighted by Crippen LogP contribution is 2.15. The van der Waals surface area contributed by atoms with Crippen LogP contribution in [-0.4, -0.2) is 25.0 Å². The Bertz CT molecular complexity index is 1370. The van der Waals surface area contributed by atoms with Gasteiger partial charge in [-0.2, -0.15) is 0 Å². The van der Waals surface area contributed by atoms with E-state index in [4.69, 9.17) is 11.6 Å². The van der Waals surface area contributed by atoms with Crippen LogP contribution in [0, 0.1) is 0 Å². The van der Waals surface area contributed by atoms with Crippen LogP contribution in [0.15, 0.2) is 76.6 Å². The van der Waals surface area contributed by atoms with Crippen molar-refractivity contribution in [2.45, 2.75) is 19.5 Å². The quantitative estimate of drug-likeness (QED) is 0.501. The number of anilines is 1. The van der Waals surface area contributed by atoms with Crippen molar-refractivity contribution >= 4 is 34.4 Å². The number of aryl methyl sites for hydroxylation is 1. The molecule has 0 spiro atoms. The minimum atomic E-state index is -0.616. The smallest absolute Gasteiger partial charge is 0.324 e. The summed E-state index contributed by atoms with van der Waals surface area (Å²) in [5, 5.41) is 3.17. The van der Waals surface area contributed by atoms with Crippen molar-refractivity contribution in [1.82, 2.24) is 19.1 Å². The first-order valence-corrected chi connectivity index (χ1v) is 9.94. The molecule has 1 N–H and O–H groups in total.